The lowest BCUT2D eigenvalue weighted by Crippen LogP contribution is -2.46. The molecular weight excluding hydrogens is 324 g/mol. The summed E-state index contributed by atoms with van der Waals surface area (Å²) in [6, 6.07) is 7.34. The lowest BCUT2D eigenvalue weighted by atomic mass is 10.1. The molecule has 23 heavy (non-hydrogen) atoms. The van der Waals surface area contributed by atoms with Crippen molar-refractivity contribution in [2.24, 2.45) is 5.16 Å². The molecule has 8 heteroatoms. The van der Waals surface area contributed by atoms with Gasteiger partial charge in [0.1, 0.15) is 30.9 Å². The van der Waals surface area contributed by atoms with E-state index in [2.05, 4.69) is 15.9 Å². The number of para-hydroxylation sites is 1. The number of nitrogens with zero attached hydrogens (tertiary/aromatic N) is 2. The molecule has 0 amide bonds. The second-order valence-electron chi connectivity index (χ2n) is 5.29. The van der Waals surface area contributed by atoms with Crippen molar-refractivity contribution < 1.29 is 24.9 Å². The number of benzene rings is 1. The molecule has 0 saturated carbocycles. The molecule has 2 heterocycles. The van der Waals surface area contributed by atoms with Crippen molar-refractivity contribution >= 4 is 28.7 Å². The van der Waals surface area contributed by atoms with Crippen molar-refractivity contribution in [3.63, 3.8) is 0 Å². The Labute approximate surface area is 138 Å². The molecule has 124 valence electrons. The molecule has 0 aromatic heterocycles. The molecule has 5 atom stereocenters. The van der Waals surface area contributed by atoms with Gasteiger partial charge in [0, 0.05) is 17.1 Å². The Balaban J connectivity index is 2.02. The summed E-state index contributed by atoms with van der Waals surface area (Å²) in [6.07, 6.45) is -4.17. The summed E-state index contributed by atoms with van der Waals surface area (Å²) in [4.78, 5) is 6.30. The van der Waals surface area contributed by atoms with Crippen molar-refractivity contribution in [2.75, 3.05) is 18.6 Å². The van der Waals surface area contributed by atoms with E-state index in [1.54, 1.807) is 4.90 Å². The number of hydrogen-bond acceptors (Lipinski definition) is 7. The lowest BCUT2D eigenvalue weighted by Gasteiger charge is -2.31. The van der Waals surface area contributed by atoms with E-state index < -0.39 is 36.6 Å². The molecule has 1 aromatic carbocycles. The highest BCUT2D eigenvalue weighted by molar-refractivity contribution is 6.32. The largest absolute Gasteiger partial charge is 0.394 e. The zero-order valence-electron chi connectivity index (χ0n) is 12.3. The zero-order chi connectivity index (χ0) is 16.6. The molecule has 0 radical (unpaired) electrons. The van der Waals surface area contributed by atoms with Crippen LogP contribution < -0.4 is 4.90 Å². The van der Waals surface area contributed by atoms with Gasteiger partial charge in [-0.05, 0) is 11.2 Å². The van der Waals surface area contributed by atoms with Gasteiger partial charge in [0.15, 0.2) is 6.23 Å². The number of aliphatic hydroxyl groups is 3. The van der Waals surface area contributed by atoms with Gasteiger partial charge in [-0.1, -0.05) is 29.8 Å². The van der Waals surface area contributed by atoms with E-state index in [9.17, 15) is 15.3 Å². The fraction of sp³-hybridized carbons (Fsp3) is 0.467. The molecule has 1 fully saturated rings. The highest BCUT2D eigenvalue weighted by Crippen LogP contribution is 2.44. The first-order valence-corrected chi connectivity index (χ1v) is 7.54. The quantitative estimate of drug-likeness (QED) is 0.313. The maximum Gasteiger partial charge on any atom is 0.161 e. The number of halogens is 1. The summed E-state index contributed by atoms with van der Waals surface area (Å²) in [5.74, 6) is 2.74. The topological polar surface area (TPSA) is 94.8 Å². The van der Waals surface area contributed by atoms with Gasteiger partial charge >= 0.3 is 0 Å². The Kier molecular flexibility index (Phi) is 4.59. The van der Waals surface area contributed by atoms with Gasteiger partial charge in [0.2, 0.25) is 0 Å². The Hall–Kier alpha value is -1.60. The molecule has 1 aromatic rings. The highest BCUT2D eigenvalue weighted by Gasteiger charge is 2.49. The summed E-state index contributed by atoms with van der Waals surface area (Å²) in [5, 5.41) is 33.1. The first-order valence-electron chi connectivity index (χ1n) is 7.10. The predicted molar refractivity (Wildman–Crippen MR) is 84.2 cm³/mol. The first kappa shape index (κ1) is 16.3. The van der Waals surface area contributed by atoms with E-state index in [1.807, 2.05) is 24.3 Å². The maximum absolute atomic E-state index is 10.3. The molecule has 1 unspecified atom stereocenters. The fourth-order valence-corrected chi connectivity index (χ4v) is 3.28. The van der Waals surface area contributed by atoms with Gasteiger partial charge in [-0.3, -0.25) is 0 Å². The number of hydrogen-bond donors (Lipinski definition) is 3. The third-order valence-electron chi connectivity index (χ3n) is 4.00. The van der Waals surface area contributed by atoms with E-state index in [1.165, 1.54) is 7.11 Å². The molecule has 2 aliphatic heterocycles. The monoisotopic (exact) mass is 340 g/mol. The molecular formula is C15H17ClN2O5. The summed E-state index contributed by atoms with van der Waals surface area (Å²) in [6.45, 7) is -0.398. The molecule has 0 spiro atoms. The highest BCUT2D eigenvalue weighted by atomic mass is 35.5. The lowest BCUT2D eigenvalue weighted by molar-refractivity contribution is -0.0221. The Morgan fingerprint density at radius 2 is 2.09 bits per heavy atom. The molecule has 7 nitrogen and oxygen atoms in total. The summed E-state index contributed by atoms with van der Waals surface area (Å²) in [5.41, 5.74) is 1.36. The number of ether oxygens (including phenoxy) is 1. The van der Waals surface area contributed by atoms with Crippen LogP contribution in [-0.4, -0.2) is 64.9 Å². The minimum absolute atomic E-state index is 0.398. The van der Waals surface area contributed by atoms with E-state index in [-0.39, 0.29) is 0 Å². The van der Waals surface area contributed by atoms with Crippen LogP contribution in [0.15, 0.2) is 29.4 Å². The first-order chi connectivity index (χ1) is 11.1. The second-order valence-corrected chi connectivity index (χ2v) is 5.70. The number of aliphatic hydroxyl groups excluding tert-OH is 3. The zero-order valence-corrected chi connectivity index (χ0v) is 13.1. The molecule has 3 rings (SSSR count). The fourth-order valence-electron chi connectivity index (χ4n) is 2.90. The van der Waals surface area contributed by atoms with Gasteiger partial charge in [0.25, 0.3) is 0 Å². The van der Waals surface area contributed by atoms with E-state index in [0.717, 1.165) is 11.3 Å². The van der Waals surface area contributed by atoms with Gasteiger partial charge in [-0.2, -0.15) is 0 Å². The van der Waals surface area contributed by atoms with Crippen LogP contribution in [0.1, 0.15) is 5.56 Å². The van der Waals surface area contributed by atoms with Crippen LogP contribution in [0.3, 0.4) is 0 Å². The minimum atomic E-state index is -1.21. The second kappa shape index (κ2) is 6.49. The van der Waals surface area contributed by atoms with Gasteiger partial charge in [0.05, 0.1) is 12.2 Å². The standard InChI is InChI=1S/C15H17ClN2O5/c1-22-17-6-9-8-4-2-3-5-10(8)18(14(9)16)15-13(21)12(20)11(7-19)23-15/h2-5,11-15,19-21H,7H2,1H3/t11-,12-,13-,14?,15-/m1/s1. The number of anilines is 1. The van der Waals surface area contributed by atoms with Crippen LogP contribution in [0.4, 0.5) is 5.69 Å². The van der Waals surface area contributed by atoms with Crippen LogP contribution >= 0.6 is 11.6 Å². The summed E-state index contributed by atoms with van der Waals surface area (Å²) < 4.78 is 5.59. The molecule has 0 bridgehead atoms. The van der Waals surface area contributed by atoms with Gasteiger partial charge in [-0.15, -0.1) is 0 Å². The predicted octanol–water partition coefficient (Wildman–Crippen LogP) is 0.125. The number of fused-ring (bicyclic) bond motifs is 1. The minimum Gasteiger partial charge on any atom is -0.394 e. The van der Waals surface area contributed by atoms with E-state index in [4.69, 9.17) is 16.3 Å². The Bertz CT molecular complexity index is 649. The Morgan fingerprint density at radius 1 is 1.35 bits per heavy atom. The molecule has 3 N–H and O–H groups in total. The molecule has 0 aliphatic carbocycles. The number of rotatable bonds is 3. The normalized spacial score (nSPS) is 32.7. The van der Waals surface area contributed by atoms with Gasteiger partial charge in [-0.25, -0.2) is 0 Å². The van der Waals surface area contributed by atoms with E-state index >= 15 is 0 Å². The van der Waals surface area contributed by atoms with Gasteiger partial charge < -0.3 is 29.8 Å². The third-order valence-corrected chi connectivity index (χ3v) is 4.43. The van der Waals surface area contributed by atoms with Crippen LogP contribution in [0.25, 0.3) is 5.57 Å². The number of alkyl halides is 1. The average Bonchev–Trinajstić information content (AvgIpc) is 3.00. The van der Waals surface area contributed by atoms with E-state index in [0.29, 0.717) is 5.57 Å². The van der Waals surface area contributed by atoms with Crippen molar-refractivity contribution in [1.82, 2.24) is 0 Å². The molecule has 2 aliphatic rings. The van der Waals surface area contributed by atoms with Crippen molar-refractivity contribution in [3.8, 4) is 0 Å². The van der Waals surface area contributed by atoms with Crippen LogP contribution in [0.5, 0.6) is 0 Å². The molecule has 1 saturated heterocycles. The smallest absolute Gasteiger partial charge is 0.161 e. The van der Waals surface area contributed by atoms with Crippen LogP contribution in [-0.2, 0) is 9.57 Å². The summed E-state index contributed by atoms with van der Waals surface area (Å²) >= 11 is 6.50. The van der Waals surface area contributed by atoms with Crippen LogP contribution in [0, 0.1) is 0 Å². The SMILES string of the molecule is CON=C=C1c2ccccc2N([C@@H]2O[C@H](CO)[C@@H](O)[C@H]2O)C1Cl. The third kappa shape index (κ3) is 2.61. The maximum atomic E-state index is 10.3. The van der Waals surface area contributed by atoms with Crippen molar-refractivity contribution in [1.29, 1.82) is 0 Å². The van der Waals surface area contributed by atoms with Crippen LogP contribution in [0.2, 0.25) is 0 Å². The Morgan fingerprint density at radius 3 is 2.74 bits per heavy atom. The summed E-state index contributed by atoms with van der Waals surface area (Å²) in [7, 11) is 1.40. The van der Waals surface area contributed by atoms with Crippen molar-refractivity contribution in [3.05, 3.63) is 29.8 Å². The average molecular weight is 341 g/mol. The van der Waals surface area contributed by atoms with Crippen molar-refractivity contribution in [2.45, 2.75) is 30.0 Å².